The van der Waals surface area contributed by atoms with E-state index in [1.165, 1.54) is 30.3 Å². The minimum Gasteiger partial charge on any atom is -0.382 e. The van der Waals surface area contributed by atoms with Crippen LogP contribution in [0.15, 0.2) is 83.7 Å². The first-order chi connectivity index (χ1) is 22.7. The molecule has 0 amide bonds. The van der Waals surface area contributed by atoms with E-state index in [-0.39, 0.29) is 64.8 Å². The summed E-state index contributed by atoms with van der Waals surface area (Å²) in [7, 11) is -12.9. The van der Waals surface area contributed by atoms with Gasteiger partial charge in [0.25, 0.3) is 10.1 Å². The van der Waals surface area contributed by atoms with Crippen LogP contribution in [0.4, 0.5) is 34.4 Å². The molecule has 0 aliphatic rings. The van der Waals surface area contributed by atoms with Crippen molar-refractivity contribution in [3.63, 3.8) is 0 Å². The summed E-state index contributed by atoms with van der Waals surface area (Å²) in [5.74, 6) is -1.51. The highest BCUT2D eigenvalue weighted by Gasteiger charge is 2.22. The Bertz CT molecular complexity index is 1950. The van der Waals surface area contributed by atoms with E-state index in [0.717, 1.165) is 12.1 Å². The lowest BCUT2D eigenvalue weighted by Crippen LogP contribution is -2.12. The highest BCUT2D eigenvalue weighted by molar-refractivity contribution is 7.92. The summed E-state index contributed by atoms with van der Waals surface area (Å²) in [6.07, 6.45) is 0. The molecule has 262 valence electrons. The van der Waals surface area contributed by atoms with Gasteiger partial charge >= 0.3 is 0 Å². The van der Waals surface area contributed by atoms with Crippen molar-refractivity contribution in [1.82, 2.24) is 4.98 Å². The quantitative estimate of drug-likeness (QED) is 0.0288. The average Bonchev–Trinajstić information content (AvgIpc) is 3.03. The fourth-order valence-electron chi connectivity index (χ4n) is 3.25. The van der Waals surface area contributed by atoms with Crippen LogP contribution in [0.3, 0.4) is 0 Å². The van der Waals surface area contributed by atoms with Crippen molar-refractivity contribution in [2.45, 2.75) is 14.7 Å². The smallest absolute Gasteiger partial charge is 0.296 e. The predicted molar refractivity (Wildman–Crippen MR) is 165 cm³/mol. The summed E-state index contributed by atoms with van der Waals surface area (Å²) in [5, 5.41) is 38.2. The first-order valence-corrected chi connectivity index (χ1v) is 18.3. The number of nitrogens with zero attached hydrogens (tertiary/aromatic N) is 5. The largest absolute Gasteiger partial charge is 0.382 e. The van der Waals surface area contributed by atoms with Gasteiger partial charge in [0.15, 0.2) is 56.0 Å². The predicted octanol–water partition coefficient (Wildman–Crippen LogP) is 3.87. The highest BCUT2D eigenvalue weighted by Crippen LogP contribution is 2.34. The fourth-order valence-corrected chi connectivity index (χ4v) is 6.82. The number of aromatic nitrogens is 1. The molecule has 48 heavy (non-hydrogen) atoms. The van der Waals surface area contributed by atoms with Crippen LogP contribution in [0.25, 0.3) is 0 Å². The molecule has 0 radical (unpaired) electrons. The molecule has 1 aromatic heterocycles. The number of azo groups is 2. The zero-order valence-electron chi connectivity index (χ0n) is 23.6. The molecule has 0 aliphatic heterocycles. The van der Waals surface area contributed by atoms with Gasteiger partial charge in [-0.15, -0.1) is 24.0 Å². The van der Waals surface area contributed by atoms with Crippen molar-refractivity contribution in [1.29, 1.82) is 0 Å². The van der Waals surface area contributed by atoms with Gasteiger partial charge in [-0.25, -0.2) is 32.3 Å². The number of hydrogen-bond donors (Lipinski definition) is 5. The van der Waals surface area contributed by atoms with E-state index < -0.39 is 63.4 Å². The topological polar surface area (TPSA) is 333 Å². The molecular formula is C21H23N7O15S5. The summed E-state index contributed by atoms with van der Waals surface area (Å²) in [6.45, 7) is -0.730. The lowest BCUT2D eigenvalue weighted by atomic mass is 10.3. The summed E-state index contributed by atoms with van der Waals surface area (Å²) in [6, 6.07) is 9.08. The zero-order chi connectivity index (χ0) is 35.4. The maximum Gasteiger partial charge on any atom is 0.296 e. The SMILES string of the molecule is Nc1nc(N)c(/N=N/c2ccc(S(=O)(=O)CCOSOOO)cc2S(=O)(=O)O)cc1/N=N/c1ccc(S(=O)(=O)CCOSOOO)cc1. The molecule has 1 heterocycles. The van der Waals surface area contributed by atoms with Crippen LogP contribution in [0.2, 0.25) is 0 Å². The number of pyridine rings is 1. The summed E-state index contributed by atoms with van der Waals surface area (Å²) >= 11 is 0.381. The molecule has 0 saturated heterocycles. The molecule has 7 N–H and O–H groups in total. The van der Waals surface area contributed by atoms with Crippen molar-refractivity contribution in [2.24, 2.45) is 20.5 Å². The van der Waals surface area contributed by atoms with Crippen LogP contribution in [0.1, 0.15) is 0 Å². The van der Waals surface area contributed by atoms with Gasteiger partial charge in [-0.3, -0.25) is 12.9 Å². The van der Waals surface area contributed by atoms with Crippen LogP contribution < -0.4 is 11.5 Å². The van der Waals surface area contributed by atoms with Crippen molar-refractivity contribution < 1.29 is 67.4 Å². The number of rotatable bonds is 19. The zero-order valence-corrected chi connectivity index (χ0v) is 27.7. The molecule has 3 aromatic rings. The number of anilines is 2. The molecule has 0 spiro atoms. The Morgan fingerprint density at radius 2 is 1.15 bits per heavy atom. The first-order valence-electron chi connectivity index (χ1n) is 12.3. The molecule has 0 atom stereocenters. The van der Waals surface area contributed by atoms with E-state index in [1.807, 2.05) is 0 Å². The Morgan fingerprint density at radius 3 is 1.67 bits per heavy atom. The molecule has 27 heteroatoms. The third-order valence-corrected chi connectivity index (χ3v) is 10.4. The fraction of sp³-hybridized carbons (Fsp3) is 0.190. The van der Waals surface area contributed by atoms with Crippen molar-refractivity contribution in [2.75, 3.05) is 36.2 Å². The molecule has 0 saturated carbocycles. The Hall–Kier alpha value is -3.42. The first kappa shape index (κ1) is 39.0. The Kier molecular flexibility index (Phi) is 14.5. The third kappa shape index (κ3) is 11.6. The lowest BCUT2D eigenvalue weighted by Gasteiger charge is -2.08. The third-order valence-electron chi connectivity index (χ3n) is 5.43. The molecular weight excluding hydrogens is 751 g/mol. The van der Waals surface area contributed by atoms with Crippen LogP contribution in [-0.2, 0) is 56.9 Å². The van der Waals surface area contributed by atoms with Crippen LogP contribution in [0, 0.1) is 0 Å². The van der Waals surface area contributed by atoms with Crippen LogP contribution in [0.5, 0.6) is 0 Å². The molecule has 2 aromatic carbocycles. The van der Waals surface area contributed by atoms with Crippen molar-refractivity contribution in [3.05, 3.63) is 48.5 Å². The van der Waals surface area contributed by atoms with E-state index in [0.29, 0.717) is 6.07 Å². The van der Waals surface area contributed by atoms with Crippen LogP contribution in [-0.4, -0.2) is 70.0 Å². The van der Waals surface area contributed by atoms with Gasteiger partial charge in [0, 0.05) is 6.07 Å². The van der Waals surface area contributed by atoms with Crippen molar-refractivity contribution >= 4 is 88.8 Å². The maximum atomic E-state index is 12.6. The number of nitrogens with two attached hydrogens (primary N) is 2. The Labute approximate surface area is 280 Å². The minimum absolute atomic E-state index is 0.0476. The Balaban J connectivity index is 1.80. The van der Waals surface area contributed by atoms with Gasteiger partial charge in [-0.2, -0.15) is 13.5 Å². The van der Waals surface area contributed by atoms with E-state index in [2.05, 4.69) is 44.2 Å². The number of sulfone groups is 2. The van der Waals surface area contributed by atoms with Gasteiger partial charge in [0.2, 0.25) is 0 Å². The second kappa shape index (κ2) is 17.8. The highest BCUT2D eigenvalue weighted by atomic mass is 32.2. The van der Waals surface area contributed by atoms with E-state index in [9.17, 15) is 29.8 Å². The Morgan fingerprint density at radius 1 is 0.667 bits per heavy atom. The molecule has 22 nitrogen and oxygen atoms in total. The molecule has 0 unspecified atom stereocenters. The standard InChI is InChI=1S/C21H23N7O15S5/c22-20-17(27-25-13-1-3-14(4-2-13)46(31,32)9-7-38-44-42-40-29)12-18(21(23)24-20)28-26-16-6-5-15(11-19(16)48(35,36)37)47(33,34)10-8-39-45-43-41-30/h1-6,11-12,29-30H,7-10H2,(H4,22,23,24)(H,35,36,37)/b27-25+,28-26+. The normalized spacial score (nSPS) is 12.7. The maximum absolute atomic E-state index is 12.6. The second-order valence-corrected chi connectivity index (χ2v) is 15.1. The van der Waals surface area contributed by atoms with E-state index in [4.69, 9.17) is 30.3 Å². The van der Waals surface area contributed by atoms with E-state index in [1.54, 1.807) is 0 Å². The average molecular weight is 774 g/mol. The molecule has 0 fully saturated rings. The van der Waals surface area contributed by atoms with Crippen molar-refractivity contribution in [3.8, 4) is 0 Å². The van der Waals surface area contributed by atoms with Gasteiger partial charge in [0.1, 0.15) is 22.0 Å². The molecule has 3 rings (SSSR count). The lowest BCUT2D eigenvalue weighted by molar-refractivity contribution is -0.434. The summed E-state index contributed by atoms with van der Waals surface area (Å²) in [4.78, 5) is 2.44. The van der Waals surface area contributed by atoms with Crippen LogP contribution >= 0.6 is 24.6 Å². The number of hydrogen-bond acceptors (Lipinski definition) is 23. The van der Waals surface area contributed by atoms with Gasteiger partial charge in [0.05, 0.1) is 40.2 Å². The van der Waals surface area contributed by atoms with E-state index >= 15 is 0 Å². The van der Waals surface area contributed by atoms with Gasteiger partial charge in [-0.05, 0) is 42.5 Å². The number of benzene rings is 2. The summed E-state index contributed by atoms with van der Waals surface area (Å²) < 4.78 is 101. The second-order valence-electron chi connectivity index (χ2n) is 8.50. The van der Waals surface area contributed by atoms with Gasteiger partial charge in [-0.1, -0.05) is 10.1 Å². The molecule has 0 bridgehead atoms. The monoisotopic (exact) mass is 773 g/mol. The summed E-state index contributed by atoms with van der Waals surface area (Å²) in [5.41, 5.74) is 11.2. The molecule has 0 aliphatic carbocycles. The van der Waals surface area contributed by atoms with Gasteiger partial charge < -0.3 is 11.5 Å². The minimum atomic E-state index is -5.02. The number of nitrogen functional groups attached to an aromatic ring is 2.